The Bertz CT molecular complexity index is 1330. The fraction of sp³-hybridized carbons (Fsp3) is 0.656. The minimum Gasteiger partial charge on any atom is -0.323 e. The molecule has 0 radical (unpaired) electrons. The monoisotopic (exact) mass is 639 g/mol. The highest BCUT2D eigenvalue weighted by molar-refractivity contribution is 7.89. The van der Waals surface area contributed by atoms with Gasteiger partial charge in [-0.15, -0.1) is 5.73 Å². The normalized spacial score (nSPS) is 22.8. The Morgan fingerprint density at radius 1 is 1.07 bits per heavy atom. The number of halogens is 3. The van der Waals surface area contributed by atoms with Crippen LogP contribution in [0.25, 0.3) is 0 Å². The van der Waals surface area contributed by atoms with Crippen LogP contribution in [0, 0.1) is 25.7 Å². The number of hydroxylamine groups is 2. The van der Waals surface area contributed by atoms with Gasteiger partial charge in [-0.2, -0.15) is 13.2 Å². The number of carbonyl (C=O) groups excluding carboxylic acids is 2. The van der Waals surface area contributed by atoms with Gasteiger partial charge in [0.1, 0.15) is 0 Å². The van der Waals surface area contributed by atoms with E-state index in [9.17, 15) is 31.2 Å². The molecule has 44 heavy (non-hydrogen) atoms. The fourth-order valence-electron chi connectivity index (χ4n) is 6.37. The van der Waals surface area contributed by atoms with E-state index in [2.05, 4.69) is 11.0 Å². The van der Waals surface area contributed by atoms with Crippen LogP contribution in [0.5, 0.6) is 0 Å². The van der Waals surface area contributed by atoms with E-state index in [0.29, 0.717) is 62.9 Å². The van der Waals surface area contributed by atoms with Crippen LogP contribution in [0.15, 0.2) is 29.6 Å². The van der Waals surface area contributed by atoms with Gasteiger partial charge < -0.3 is 5.32 Å². The summed E-state index contributed by atoms with van der Waals surface area (Å²) in [6.45, 7) is 5.17. The largest absolute Gasteiger partial charge is 0.389 e. The first-order valence-corrected chi connectivity index (χ1v) is 17.3. The van der Waals surface area contributed by atoms with Gasteiger partial charge in [-0.1, -0.05) is 0 Å². The lowest BCUT2D eigenvalue weighted by molar-refractivity contribution is -0.138. The number of sulfonamides is 1. The summed E-state index contributed by atoms with van der Waals surface area (Å²) in [7, 11) is -3.68. The summed E-state index contributed by atoms with van der Waals surface area (Å²) in [5.41, 5.74) is 6.95. The van der Waals surface area contributed by atoms with Crippen molar-refractivity contribution in [1.82, 2.24) is 14.7 Å². The Morgan fingerprint density at radius 2 is 1.77 bits per heavy atom. The van der Waals surface area contributed by atoms with Crippen LogP contribution >= 0.6 is 0 Å². The molecular formula is C32H44F3N3O5S. The maximum atomic E-state index is 13.5. The third kappa shape index (κ3) is 9.67. The maximum Gasteiger partial charge on any atom is 0.389 e. The van der Waals surface area contributed by atoms with E-state index >= 15 is 0 Å². The molecule has 0 spiro atoms. The van der Waals surface area contributed by atoms with Gasteiger partial charge in [0, 0.05) is 37.4 Å². The number of nitrogens with zero attached hydrogens (tertiary/aromatic N) is 2. The molecule has 244 valence electrons. The molecule has 0 atom stereocenters. The van der Waals surface area contributed by atoms with Crippen molar-refractivity contribution in [2.24, 2.45) is 11.8 Å². The number of aryl methyl sites for hydroxylation is 2. The van der Waals surface area contributed by atoms with E-state index < -0.39 is 22.6 Å². The number of hydrogen-bond acceptors (Lipinski definition) is 5. The van der Waals surface area contributed by atoms with Crippen molar-refractivity contribution in [2.75, 3.05) is 32.0 Å². The van der Waals surface area contributed by atoms with Crippen LogP contribution < -0.4 is 5.32 Å². The molecule has 8 nitrogen and oxygen atoms in total. The Hall–Kier alpha value is -2.66. The third-order valence-corrected chi connectivity index (χ3v) is 10.8. The van der Waals surface area contributed by atoms with Crippen LogP contribution in [0.2, 0.25) is 0 Å². The molecule has 2 fully saturated rings. The SMILES string of the molecule is Cc1cc(C(=O)N2CCCO2)cc(C)c1CCS(=O)(=O)N1CCCC=C=C(C2CCC(CCC(F)(F)F)CC2)NC(=O)CC1. The average Bonchev–Trinajstić information content (AvgIpc) is 3.49. The van der Waals surface area contributed by atoms with Gasteiger partial charge in [-0.05, 0) is 112 Å². The molecule has 1 N–H and O–H groups in total. The number of amides is 2. The van der Waals surface area contributed by atoms with Crippen molar-refractivity contribution < 1.29 is 36.0 Å². The van der Waals surface area contributed by atoms with Crippen molar-refractivity contribution in [3.05, 3.63) is 51.9 Å². The predicted molar refractivity (Wildman–Crippen MR) is 161 cm³/mol. The molecule has 1 aromatic rings. The zero-order valence-electron chi connectivity index (χ0n) is 25.7. The van der Waals surface area contributed by atoms with Crippen molar-refractivity contribution in [3.63, 3.8) is 0 Å². The zero-order chi connectivity index (χ0) is 31.9. The van der Waals surface area contributed by atoms with Crippen LogP contribution in [-0.2, 0) is 26.1 Å². The molecular weight excluding hydrogens is 595 g/mol. The molecule has 1 aromatic carbocycles. The molecule has 0 unspecified atom stereocenters. The van der Waals surface area contributed by atoms with Crippen molar-refractivity contribution in [3.8, 4) is 0 Å². The van der Waals surface area contributed by atoms with Crippen LogP contribution in [0.1, 0.15) is 91.3 Å². The molecule has 2 amide bonds. The van der Waals surface area contributed by atoms with Gasteiger partial charge in [0.05, 0.1) is 24.6 Å². The summed E-state index contributed by atoms with van der Waals surface area (Å²) in [4.78, 5) is 31.0. The van der Waals surface area contributed by atoms with Crippen LogP contribution in [0.3, 0.4) is 0 Å². The summed E-state index contributed by atoms with van der Waals surface area (Å²) in [5.74, 6) is -0.553. The number of benzene rings is 1. The van der Waals surface area contributed by atoms with Crippen molar-refractivity contribution in [1.29, 1.82) is 0 Å². The summed E-state index contributed by atoms with van der Waals surface area (Å²) >= 11 is 0. The number of alkyl halides is 3. The first-order valence-electron chi connectivity index (χ1n) is 15.7. The summed E-state index contributed by atoms with van der Waals surface area (Å²) in [6.07, 6.45) is 2.05. The molecule has 12 heteroatoms. The Morgan fingerprint density at radius 3 is 2.41 bits per heavy atom. The number of hydrogen-bond donors (Lipinski definition) is 1. The number of rotatable bonds is 8. The number of allylic oxidation sites excluding steroid dienone is 1. The molecule has 0 aromatic heterocycles. The maximum absolute atomic E-state index is 13.5. The summed E-state index contributed by atoms with van der Waals surface area (Å²) in [6, 6.07) is 3.56. The lowest BCUT2D eigenvalue weighted by atomic mass is 9.78. The highest BCUT2D eigenvalue weighted by Gasteiger charge is 2.31. The molecule has 1 saturated heterocycles. The van der Waals surface area contributed by atoms with Gasteiger partial charge in [-0.25, -0.2) is 17.8 Å². The van der Waals surface area contributed by atoms with E-state index in [1.54, 1.807) is 12.1 Å². The van der Waals surface area contributed by atoms with Crippen molar-refractivity contribution in [2.45, 2.75) is 90.7 Å². The van der Waals surface area contributed by atoms with E-state index in [0.717, 1.165) is 23.1 Å². The Kier molecular flexibility index (Phi) is 11.7. The minimum absolute atomic E-state index is 0.00122. The van der Waals surface area contributed by atoms with Crippen molar-refractivity contribution >= 4 is 21.8 Å². The Labute approximate surface area is 258 Å². The van der Waals surface area contributed by atoms with E-state index in [-0.39, 0.29) is 61.8 Å². The minimum atomic E-state index is -4.14. The molecule has 1 aliphatic carbocycles. The number of carbonyl (C=O) groups is 2. The molecule has 4 rings (SSSR count). The lowest BCUT2D eigenvalue weighted by Gasteiger charge is -2.30. The van der Waals surface area contributed by atoms with Gasteiger partial charge >= 0.3 is 6.18 Å². The standard InChI is InChI=1S/C32H44F3N3O5S/c1-23-21-27(31(40)38-17-6-19-43-38)22-24(2)28(23)14-20-44(41,42)37-16-5-3-4-7-29(36-30(39)13-18-37)26-10-8-25(9-11-26)12-15-32(33,34)35/h4,21-22,25-26H,3,5-6,8-20H2,1-2H3,(H,36,39). The van der Waals surface area contributed by atoms with E-state index in [1.807, 2.05) is 19.9 Å². The average molecular weight is 640 g/mol. The first kappa shape index (κ1) is 34.2. The highest BCUT2D eigenvalue weighted by atomic mass is 32.2. The van der Waals surface area contributed by atoms with Crippen LogP contribution in [0.4, 0.5) is 13.2 Å². The van der Waals surface area contributed by atoms with Gasteiger partial charge in [0.2, 0.25) is 15.9 Å². The molecule has 2 aliphatic heterocycles. The zero-order valence-corrected chi connectivity index (χ0v) is 26.5. The van der Waals surface area contributed by atoms with Gasteiger partial charge in [0.15, 0.2) is 0 Å². The third-order valence-electron chi connectivity index (χ3n) is 8.89. The lowest BCUT2D eigenvalue weighted by Crippen LogP contribution is -2.38. The van der Waals surface area contributed by atoms with Gasteiger partial charge in [0.25, 0.3) is 5.91 Å². The molecule has 3 aliphatic rings. The quantitative estimate of drug-likeness (QED) is 0.366. The molecule has 0 bridgehead atoms. The van der Waals surface area contributed by atoms with E-state index in [1.165, 1.54) is 9.37 Å². The smallest absolute Gasteiger partial charge is 0.323 e. The predicted octanol–water partition coefficient (Wildman–Crippen LogP) is 5.74. The van der Waals surface area contributed by atoms with Crippen LogP contribution in [-0.4, -0.2) is 67.8 Å². The van der Waals surface area contributed by atoms with Gasteiger partial charge in [-0.3, -0.25) is 14.4 Å². The second-order valence-corrected chi connectivity index (χ2v) is 14.3. The second-order valence-electron chi connectivity index (χ2n) is 12.2. The van der Waals surface area contributed by atoms with E-state index in [4.69, 9.17) is 4.84 Å². The topological polar surface area (TPSA) is 96.0 Å². The highest BCUT2D eigenvalue weighted by Crippen LogP contribution is 2.36. The Balaban J connectivity index is 1.32. The second kappa shape index (κ2) is 15.1. The first-order chi connectivity index (χ1) is 20.8. The molecule has 2 heterocycles. The fourth-order valence-corrected chi connectivity index (χ4v) is 7.86. The summed E-state index contributed by atoms with van der Waals surface area (Å²) in [5, 5.41) is 4.29. The summed E-state index contributed by atoms with van der Waals surface area (Å²) < 4.78 is 66.2. The number of nitrogens with one attached hydrogen (secondary N) is 1. The molecule has 1 saturated carbocycles.